The molecule has 1 N–H and O–H groups in total. The second-order valence-corrected chi connectivity index (χ2v) is 7.02. The van der Waals surface area contributed by atoms with Crippen LogP contribution in [0.25, 0.3) is 0 Å². The van der Waals surface area contributed by atoms with Crippen LogP contribution in [0.4, 0.5) is 0 Å². The van der Waals surface area contributed by atoms with E-state index in [0.29, 0.717) is 11.5 Å². The summed E-state index contributed by atoms with van der Waals surface area (Å²) in [5, 5.41) is 3.70. The standard InChI is InChI=1S/C18H35NO/c1-4-7-10-15(5-2)14-20-17-13-16(19-6-3)18(17)11-8-9-12-18/h15-17,19H,4-14H2,1-3H3. The number of ether oxygens (including phenoxy) is 1. The molecule has 0 aromatic rings. The average molecular weight is 281 g/mol. The lowest BCUT2D eigenvalue weighted by Crippen LogP contribution is -2.62. The van der Waals surface area contributed by atoms with Crippen molar-refractivity contribution in [1.29, 1.82) is 0 Å². The Morgan fingerprint density at radius 3 is 2.55 bits per heavy atom. The maximum atomic E-state index is 6.40. The molecule has 2 aliphatic carbocycles. The molecule has 0 aliphatic heterocycles. The number of hydrogen-bond acceptors (Lipinski definition) is 2. The first-order valence-corrected chi connectivity index (χ1v) is 9.11. The summed E-state index contributed by atoms with van der Waals surface area (Å²) in [6.45, 7) is 8.94. The first-order chi connectivity index (χ1) is 9.76. The lowest BCUT2D eigenvalue weighted by molar-refractivity contribution is -0.141. The van der Waals surface area contributed by atoms with Crippen molar-refractivity contribution in [3.05, 3.63) is 0 Å². The third-order valence-corrected chi connectivity index (χ3v) is 5.85. The molecule has 118 valence electrons. The molecule has 2 saturated carbocycles. The fraction of sp³-hybridized carbons (Fsp3) is 1.00. The molecule has 0 amide bonds. The third kappa shape index (κ3) is 3.39. The third-order valence-electron chi connectivity index (χ3n) is 5.85. The van der Waals surface area contributed by atoms with Gasteiger partial charge in [0.05, 0.1) is 6.10 Å². The highest BCUT2D eigenvalue weighted by molar-refractivity contribution is 5.09. The van der Waals surface area contributed by atoms with Gasteiger partial charge in [0.2, 0.25) is 0 Å². The molecule has 2 nitrogen and oxygen atoms in total. The van der Waals surface area contributed by atoms with Gasteiger partial charge < -0.3 is 10.1 Å². The minimum Gasteiger partial charge on any atom is -0.377 e. The molecule has 2 rings (SSSR count). The summed E-state index contributed by atoms with van der Waals surface area (Å²) in [6, 6.07) is 0.732. The Morgan fingerprint density at radius 2 is 1.95 bits per heavy atom. The quantitative estimate of drug-likeness (QED) is 0.670. The van der Waals surface area contributed by atoms with Crippen molar-refractivity contribution in [2.24, 2.45) is 11.3 Å². The molecule has 2 fully saturated rings. The van der Waals surface area contributed by atoms with E-state index in [4.69, 9.17) is 4.74 Å². The van der Waals surface area contributed by atoms with Crippen LogP contribution in [0.15, 0.2) is 0 Å². The van der Waals surface area contributed by atoms with E-state index in [2.05, 4.69) is 26.1 Å². The smallest absolute Gasteiger partial charge is 0.0661 e. The van der Waals surface area contributed by atoms with Gasteiger partial charge in [-0.2, -0.15) is 0 Å². The largest absolute Gasteiger partial charge is 0.377 e. The fourth-order valence-electron chi connectivity index (χ4n) is 4.37. The molecule has 1 spiro atoms. The SMILES string of the molecule is CCCCC(CC)COC1CC(NCC)C12CCCC2. The Morgan fingerprint density at radius 1 is 1.20 bits per heavy atom. The van der Waals surface area contributed by atoms with E-state index in [0.717, 1.165) is 25.1 Å². The molecule has 3 atom stereocenters. The van der Waals surface area contributed by atoms with Crippen molar-refractivity contribution in [1.82, 2.24) is 5.32 Å². The van der Waals surface area contributed by atoms with Crippen LogP contribution in [0.2, 0.25) is 0 Å². The van der Waals surface area contributed by atoms with Gasteiger partial charge in [-0.1, -0.05) is 52.9 Å². The molecular formula is C18H35NO. The molecule has 2 aliphatic rings. The van der Waals surface area contributed by atoms with Crippen LogP contribution in [-0.2, 0) is 4.74 Å². The summed E-state index contributed by atoms with van der Waals surface area (Å²) in [5.41, 5.74) is 0.499. The maximum absolute atomic E-state index is 6.40. The van der Waals surface area contributed by atoms with Crippen LogP contribution in [0, 0.1) is 11.3 Å². The van der Waals surface area contributed by atoms with E-state index < -0.39 is 0 Å². The van der Waals surface area contributed by atoms with Gasteiger partial charge >= 0.3 is 0 Å². The second kappa shape index (κ2) is 7.79. The average Bonchev–Trinajstić information content (AvgIpc) is 2.97. The van der Waals surface area contributed by atoms with Crippen molar-refractivity contribution < 1.29 is 4.74 Å². The van der Waals surface area contributed by atoms with E-state index in [-0.39, 0.29) is 0 Å². The van der Waals surface area contributed by atoms with Crippen LogP contribution < -0.4 is 5.32 Å². The molecule has 20 heavy (non-hydrogen) atoms. The Labute approximate surface area is 126 Å². The predicted octanol–water partition coefficient (Wildman–Crippen LogP) is 4.53. The molecule has 0 heterocycles. The van der Waals surface area contributed by atoms with Gasteiger partial charge in [0.25, 0.3) is 0 Å². The highest BCUT2D eigenvalue weighted by atomic mass is 16.5. The molecule has 2 heteroatoms. The lowest BCUT2D eigenvalue weighted by Gasteiger charge is -2.54. The molecule has 0 radical (unpaired) electrons. The zero-order valence-electron chi connectivity index (χ0n) is 13.9. The summed E-state index contributed by atoms with van der Waals surface area (Å²) in [4.78, 5) is 0. The van der Waals surface area contributed by atoms with Crippen molar-refractivity contribution in [2.45, 2.75) is 90.7 Å². The summed E-state index contributed by atoms with van der Waals surface area (Å²) < 4.78 is 6.40. The summed E-state index contributed by atoms with van der Waals surface area (Å²) in [6.07, 6.45) is 12.7. The van der Waals surface area contributed by atoms with E-state index in [1.54, 1.807) is 0 Å². The highest BCUT2D eigenvalue weighted by Gasteiger charge is 2.56. The first kappa shape index (κ1) is 16.3. The Hall–Kier alpha value is -0.0800. The summed E-state index contributed by atoms with van der Waals surface area (Å²) >= 11 is 0. The van der Waals surface area contributed by atoms with Crippen LogP contribution in [0.1, 0.15) is 78.6 Å². The van der Waals surface area contributed by atoms with Crippen LogP contribution in [0.3, 0.4) is 0 Å². The van der Waals surface area contributed by atoms with Gasteiger partial charge in [-0.3, -0.25) is 0 Å². The highest BCUT2D eigenvalue weighted by Crippen LogP contribution is 2.54. The first-order valence-electron chi connectivity index (χ1n) is 9.11. The Balaban J connectivity index is 1.80. The molecule has 0 aromatic carbocycles. The van der Waals surface area contributed by atoms with Crippen LogP contribution in [0.5, 0.6) is 0 Å². The number of rotatable bonds is 9. The van der Waals surface area contributed by atoms with Gasteiger partial charge in [-0.25, -0.2) is 0 Å². The van der Waals surface area contributed by atoms with Crippen LogP contribution >= 0.6 is 0 Å². The Bertz CT molecular complexity index is 273. The minimum absolute atomic E-state index is 0.499. The zero-order chi connectivity index (χ0) is 14.4. The van der Waals surface area contributed by atoms with Gasteiger partial charge in [-0.15, -0.1) is 0 Å². The van der Waals surface area contributed by atoms with Gasteiger partial charge in [0, 0.05) is 18.1 Å². The summed E-state index contributed by atoms with van der Waals surface area (Å²) in [5.74, 6) is 0.784. The number of nitrogens with one attached hydrogen (secondary N) is 1. The second-order valence-electron chi connectivity index (χ2n) is 7.02. The molecule has 3 unspecified atom stereocenters. The van der Waals surface area contributed by atoms with E-state index in [9.17, 15) is 0 Å². The van der Waals surface area contributed by atoms with E-state index in [1.807, 2.05) is 0 Å². The minimum atomic E-state index is 0.499. The van der Waals surface area contributed by atoms with Gasteiger partial charge in [0.15, 0.2) is 0 Å². The maximum Gasteiger partial charge on any atom is 0.0661 e. The molecule has 0 saturated heterocycles. The number of unbranched alkanes of at least 4 members (excludes halogenated alkanes) is 1. The van der Waals surface area contributed by atoms with Crippen molar-refractivity contribution in [3.63, 3.8) is 0 Å². The predicted molar refractivity (Wildman–Crippen MR) is 86.0 cm³/mol. The van der Waals surface area contributed by atoms with E-state index in [1.165, 1.54) is 57.8 Å². The topological polar surface area (TPSA) is 21.3 Å². The Kier molecular flexibility index (Phi) is 6.35. The van der Waals surface area contributed by atoms with Gasteiger partial charge in [0.1, 0.15) is 0 Å². The van der Waals surface area contributed by atoms with E-state index >= 15 is 0 Å². The zero-order valence-corrected chi connectivity index (χ0v) is 13.9. The normalized spacial score (nSPS) is 29.6. The van der Waals surface area contributed by atoms with Crippen molar-refractivity contribution in [2.75, 3.05) is 13.2 Å². The number of hydrogen-bond donors (Lipinski definition) is 1. The summed E-state index contributed by atoms with van der Waals surface area (Å²) in [7, 11) is 0. The van der Waals surface area contributed by atoms with Crippen molar-refractivity contribution in [3.8, 4) is 0 Å². The fourth-order valence-corrected chi connectivity index (χ4v) is 4.37. The lowest BCUT2D eigenvalue weighted by atomic mass is 9.60. The van der Waals surface area contributed by atoms with Crippen molar-refractivity contribution >= 4 is 0 Å². The van der Waals surface area contributed by atoms with Crippen LogP contribution in [-0.4, -0.2) is 25.3 Å². The molecule has 0 aromatic heterocycles. The van der Waals surface area contributed by atoms with Gasteiger partial charge in [-0.05, 0) is 38.1 Å². The molecular weight excluding hydrogens is 246 g/mol. The molecule has 0 bridgehead atoms. The monoisotopic (exact) mass is 281 g/mol.